The van der Waals surface area contributed by atoms with Crippen LogP contribution in [0, 0.1) is 5.82 Å². The second-order valence-corrected chi connectivity index (χ2v) is 4.24. The number of aromatic nitrogens is 2. The van der Waals surface area contributed by atoms with Crippen LogP contribution in [-0.4, -0.2) is 22.4 Å². The Kier molecular flexibility index (Phi) is 4.41. The van der Waals surface area contributed by atoms with Crippen molar-refractivity contribution >= 4 is 17.5 Å². The van der Waals surface area contributed by atoms with Gasteiger partial charge in [-0.05, 0) is 24.1 Å². The molecule has 1 amide bonds. The quantitative estimate of drug-likeness (QED) is 0.934. The molecule has 0 atom stereocenters. The minimum Gasteiger partial charge on any atom is -0.350 e. The Balaban J connectivity index is 1.84. The number of carbonyl (C=O) groups excluding carboxylic acids is 1. The van der Waals surface area contributed by atoms with Gasteiger partial charge in [-0.1, -0.05) is 23.7 Å². The highest BCUT2D eigenvalue weighted by atomic mass is 35.5. The van der Waals surface area contributed by atoms with Crippen LogP contribution in [0.3, 0.4) is 0 Å². The Bertz CT molecular complexity index is 557. The molecule has 4 nitrogen and oxygen atoms in total. The Morgan fingerprint density at radius 3 is 2.58 bits per heavy atom. The third-order valence-corrected chi connectivity index (χ3v) is 2.66. The molecule has 1 heterocycles. The molecule has 0 saturated carbocycles. The van der Waals surface area contributed by atoms with E-state index in [0.29, 0.717) is 13.0 Å². The second-order valence-electron chi connectivity index (χ2n) is 3.86. The predicted molar refractivity (Wildman–Crippen MR) is 69.5 cm³/mol. The number of nitrogens with zero attached hydrogens (tertiary/aromatic N) is 2. The number of benzene rings is 1. The smallest absolute Gasteiger partial charge is 0.271 e. The van der Waals surface area contributed by atoms with Gasteiger partial charge in [0.1, 0.15) is 16.7 Å². The minimum absolute atomic E-state index is 0.212. The molecule has 0 unspecified atom stereocenters. The van der Waals surface area contributed by atoms with Crippen molar-refractivity contribution < 1.29 is 9.18 Å². The van der Waals surface area contributed by atoms with Gasteiger partial charge in [-0.2, -0.15) is 0 Å². The van der Waals surface area contributed by atoms with Gasteiger partial charge in [-0.3, -0.25) is 4.79 Å². The van der Waals surface area contributed by atoms with Gasteiger partial charge >= 0.3 is 0 Å². The van der Waals surface area contributed by atoms with Crippen LogP contribution in [0.5, 0.6) is 0 Å². The second kappa shape index (κ2) is 6.24. The van der Waals surface area contributed by atoms with E-state index in [1.165, 1.54) is 24.5 Å². The monoisotopic (exact) mass is 279 g/mol. The lowest BCUT2D eigenvalue weighted by Gasteiger charge is -2.04. The van der Waals surface area contributed by atoms with E-state index < -0.39 is 0 Å². The Hall–Kier alpha value is -2.01. The molecular weight excluding hydrogens is 269 g/mol. The SMILES string of the molecule is O=C(NCCc1ccc(F)cc1)c1cnc(Cl)cn1. The summed E-state index contributed by atoms with van der Waals surface area (Å²) in [6, 6.07) is 6.15. The van der Waals surface area contributed by atoms with Crippen molar-refractivity contribution in [3.63, 3.8) is 0 Å². The zero-order chi connectivity index (χ0) is 13.7. The molecule has 98 valence electrons. The Morgan fingerprint density at radius 1 is 1.21 bits per heavy atom. The molecule has 0 fully saturated rings. The third-order valence-electron chi connectivity index (χ3n) is 2.47. The number of hydrogen-bond donors (Lipinski definition) is 1. The fourth-order valence-electron chi connectivity index (χ4n) is 1.49. The third kappa shape index (κ3) is 3.99. The average Bonchev–Trinajstić information content (AvgIpc) is 2.41. The van der Waals surface area contributed by atoms with Crippen LogP contribution in [0.1, 0.15) is 16.1 Å². The fraction of sp³-hybridized carbons (Fsp3) is 0.154. The van der Waals surface area contributed by atoms with Crippen molar-refractivity contribution in [3.05, 3.63) is 58.9 Å². The standard InChI is InChI=1S/C13H11ClFN3O/c14-12-8-17-11(7-18-12)13(19)16-6-5-9-1-3-10(15)4-2-9/h1-4,7-8H,5-6H2,(H,16,19). The number of halogens is 2. The maximum atomic E-state index is 12.7. The highest BCUT2D eigenvalue weighted by Crippen LogP contribution is 2.03. The number of hydrogen-bond acceptors (Lipinski definition) is 3. The molecular formula is C13H11ClFN3O. The van der Waals surface area contributed by atoms with Crippen LogP contribution in [0.4, 0.5) is 4.39 Å². The van der Waals surface area contributed by atoms with Crippen molar-refractivity contribution in [3.8, 4) is 0 Å². The molecule has 0 aliphatic heterocycles. The van der Waals surface area contributed by atoms with Gasteiger partial charge in [0.25, 0.3) is 5.91 Å². The summed E-state index contributed by atoms with van der Waals surface area (Å²) < 4.78 is 12.7. The largest absolute Gasteiger partial charge is 0.350 e. The van der Waals surface area contributed by atoms with Crippen molar-refractivity contribution in [1.29, 1.82) is 0 Å². The van der Waals surface area contributed by atoms with Crippen LogP contribution in [0.2, 0.25) is 5.15 Å². The average molecular weight is 280 g/mol. The number of nitrogens with one attached hydrogen (secondary N) is 1. The van der Waals surface area contributed by atoms with E-state index in [0.717, 1.165) is 5.56 Å². The summed E-state index contributed by atoms with van der Waals surface area (Å²) in [6.07, 6.45) is 3.25. The number of amides is 1. The van der Waals surface area contributed by atoms with E-state index in [1.807, 2.05) is 0 Å². The lowest BCUT2D eigenvalue weighted by molar-refractivity contribution is 0.0949. The van der Waals surface area contributed by atoms with Gasteiger partial charge in [0.15, 0.2) is 0 Å². The summed E-state index contributed by atoms with van der Waals surface area (Å²) in [5, 5.41) is 2.94. The highest BCUT2D eigenvalue weighted by Gasteiger charge is 2.06. The first-order chi connectivity index (χ1) is 9.15. The van der Waals surface area contributed by atoms with E-state index in [4.69, 9.17) is 11.6 Å². The summed E-state index contributed by atoms with van der Waals surface area (Å²) >= 11 is 5.58. The summed E-state index contributed by atoms with van der Waals surface area (Å²) in [4.78, 5) is 19.3. The van der Waals surface area contributed by atoms with Crippen molar-refractivity contribution in [2.24, 2.45) is 0 Å². The van der Waals surface area contributed by atoms with Crippen LogP contribution in [-0.2, 0) is 6.42 Å². The summed E-state index contributed by atoms with van der Waals surface area (Å²) in [7, 11) is 0. The first kappa shape index (κ1) is 13.4. The Morgan fingerprint density at radius 2 is 1.95 bits per heavy atom. The maximum absolute atomic E-state index is 12.7. The zero-order valence-corrected chi connectivity index (χ0v) is 10.7. The molecule has 1 aromatic heterocycles. The first-order valence-corrected chi connectivity index (χ1v) is 6.03. The molecule has 1 aromatic carbocycles. The maximum Gasteiger partial charge on any atom is 0.271 e. The normalized spacial score (nSPS) is 10.2. The topological polar surface area (TPSA) is 54.9 Å². The molecule has 2 aromatic rings. The van der Waals surface area contributed by atoms with Gasteiger partial charge in [-0.15, -0.1) is 0 Å². The van der Waals surface area contributed by atoms with Crippen molar-refractivity contribution in [2.45, 2.75) is 6.42 Å². The first-order valence-electron chi connectivity index (χ1n) is 5.65. The lowest BCUT2D eigenvalue weighted by Crippen LogP contribution is -2.26. The fourth-order valence-corrected chi connectivity index (χ4v) is 1.59. The zero-order valence-electron chi connectivity index (χ0n) is 9.94. The molecule has 19 heavy (non-hydrogen) atoms. The molecule has 0 saturated heterocycles. The van der Waals surface area contributed by atoms with Crippen molar-refractivity contribution in [2.75, 3.05) is 6.54 Å². The Labute approximate surface area is 114 Å². The van der Waals surface area contributed by atoms with Gasteiger partial charge < -0.3 is 5.32 Å². The van der Waals surface area contributed by atoms with Gasteiger partial charge in [0, 0.05) is 6.54 Å². The molecule has 0 spiro atoms. The van der Waals surface area contributed by atoms with E-state index in [9.17, 15) is 9.18 Å². The molecule has 0 radical (unpaired) electrons. The molecule has 6 heteroatoms. The lowest BCUT2D eigenvalue weighted by atomic mass is 10.1. The van der Waals surface area contributed by atoms with E-state index >= 15 is 0 Å². The van der Waals surface area contributed by atoms with Crippen molar-refractivity contribution in [1.82, 2.24) is 15.3 Å². The summed E-state index contributed by atoms with van der Waals surface area (Å²) in [5.41, 5.74) is 1.16. The highest BCUT2D eigenvalue weighted by molar-refractivity contribution is 6.29. The molecule has 0 bridgehead atoms. The number of rotatable bonds is 4. The van der Waals surface area contributed by atoms with E-state index in [1.54, 1.807) is 12.1 Å². The van der Waals surface area contributed by atoms with Crippen LogP contribution < -0.4 is 5.32 Å². The van der Waals surface area contributed by atoms with Crippen LogP contribution >= 0.6 is 11.6 Å². The molecule has 0 aliphatic carbocycles. The predicted octanol–water partition coefficient (Wildman–Crippen LogP) is 2.24. The summed E-state index contributed by atoms with van der Waals surface area (Å²) in [5.74, 6) is -0.587. The molecule has 0 aliphatic rings. The molecule has 1 N–H and O–H groups in total. The molecule has 2 rings (SSSR count). The van der Waals surface area contributed by atoms with Crippen LogP contribution in [0.25, 0.3) is 0 Å². The summed E-state index contributed by atoms with van der Waals surface area (Å²) in [6.45, 7) is 0.439. The van der Waals surface area contributed by atoms with Gasteiger partial charge in [-0.25, -0.2) is 14.4 Å². The minimum atomic E-state index is -0.314. The number of carbonyl (C=O) groups is 1. The van der Waals surface area contributed by atoms with E-state index in [-0.39, 0.29) is 22.6 Å². The van der Waals surface area contributed by atoms with Crippen LogP contribution in [0.15, 0.2) is 36.7 Å². The van der Waals surface area contributed by atoms with E-state index in [2.05, 4.69) is 15.3 Å². The van der Waals surface area contributed by atoms with Gasteiger partial charge in [0.05, 0.1) is 12.4 Å². The van der Waals surface area contributed by atoms with Gasteiger partial charge in [0.2, 0.25) is 0 Å².